The monoisotopic (exact) mass is 283 g/mol. The van der Waals surface area contributed by atoms with Crippen LogP contribution in [0.5, 0.6) is 0 Å². The summed E-state index contributed by atoms with van der Waals surface area (Å²) in [4.78, 5) is 16.4. The zero-order valence-corrected chi connectivity index (χ0v) is 13.2. The lowest BCUT2D eigenvalue weighted by Gasteiger charge is -2.49. The topological polar surface area (TPSA) is 44.8 Å². The van der Waals surface area contributed by atoms with E-state index in [1.165, 1.54) is 19.3 Å². The molecule has 1 saturated heterocycles. The third-order valence-corrected chi connectivity index (χ3v) is 4.89. The average molecular weight is 283 g/mol. The third kappa shape index (κ3) is 3.64. The van der Waals surface area contributed by atoms with E-state index in [-0.39, 0.29) is 17.6 Å². The molecule has 0 aromatic rings. The molecule has 5 heteroatoms. The summed E-state index contributed by atoms with van der Waals surface area (Å²) < 4.78 is 5.43. The van der Waals surface area contributed by atoms with Crippen LogP contribution in [-0.2, 0) is 4.74 Å². The van der Waals surface area contributed by atoms with Gasteiger partial charge in [0.2, 0.25) is 0 Å². The first-order chi connectivity index (χ1) is 9.53. The Kier molecular flexibility index (Phi) is 5.27. The van der Waals surface area contributed by atoms with E-state index in [0.717, 1.165) is 39.0 Å². The Bertz CT molecular complexity index is 321. The van der Waals surface area contributed by atoms with E-state index in [9.17, 15) is 4.79 Å². The summed E-state index contributed by atoms with van der Waals surface area (Å²) in [5.41, 5.74) is 0.193. The fourth-order valence-corrected chi connectivity index (χ4v) is 3.18. The van der Waals surface area contributed by atoms with Crippen molar-refractivity contribution in [3.05, 3.63) is 0 Å². The molecule has 1 saturated carbocycles. The summed E-state index contributed by atoms with van der Waals surface area (Å²) >= 11 is 0. The second-order valence-corrected chi connectivity index (χ2v) is 6.52. The number of urea groups is 1. The molecule has 116 valence electrons. The number of rotatable bonds is 4. The lowest BCUT2D eigenvalue weighted by Crippen LogP contribution is -2.59. The lowest BCUT2D eigenvalue weighted by atomic mass is 9.75. The fraction of sp³-hybridized carbons (Fsp3) is 0.933. The predicted molar refractivity (Wildman–Crippen MR) is 79.9 cm³/mol. The standard InChI is InChI=1S/C15H29N3O2/c1-17(2)15(8-5-9-15)12-18(3)14(19)16-13-6-4-10-20-11-7-13/h13H,4-12H2,1-3H3,(H,16,19)/t13-/m1/s1. The largest absolute Gasteiger partial charge is 0.381 e. The van der Waals surface area contributed by atoms with Gasteiger partial charge in [-0.2, -0.15) is 0 Å². The normalized spacial score (nSPS) is 25.7. The van der Waals surface area contributed by atoms with E-state index in [4.69, 9.17) is 4.74 Å². The summed E-state index contributed by atoms with van der Waals surface area (Å²) in [5.74, 6) is 0. The molecule has 0 aromatic heterocycles. The molecule has 5 nitrogen and oxygen atoms in total. The molecule has 2 aliphatic rings. The highest BCUT2D eigenvalue weighted by molar-refractivity contribution is 5.74. The molecule has 2 rings (SSSR count). The maximum atomic E-state index is 12.3. The predicted octanol–water partition coefficient (Wildman–Crippen LogP) is 1.68. The van der Waals surface area contributed by atoms with Gasteiger partial charge in [0.15, 0.2) is 0 Å². The molecule has 1 N–H and O–H groups in total. The number of hydrogen-bond donors (Lipinski definition) is 1. The van der Waals surface area contributed by atoms with E-state index >= 15 is 0 Å². The smallest absolute Gasteiger partial charge is 0.317 e. The molecular formula is C15H29N3O2. The molecule has 1 heterocycles. The van der Waals surface area contributed by atoms with Gasteiger partial charge in [0.1, 0.15) is 0 Å². The van der Waals surface area contributed by atoms with Crippen LogP contribution in [0.15, 0.2) is 0 Å². The lowest BCUT2D eigenvalue weighted by molar-refractivity contribution is 0.0360. The van der Waals surface area contributed by atoms with Crippen LogP contribution in [0.4, 0.5) is 4.79 Å². The first-order valence-corrected chi connectivity index (χ1v) is 7.80. The molecule has 1 aliphatic carbocycles. The van der Waals surface area contributed by atoms with Crippen LogP contribution in [0.25, 0.3) is 0 Å². The number of nitrogens with zero attached hydrogens (tertiary/aromatic N) is 2. The third-order valence-electron chi connectivity index (χ3n) is 4.89. The van der Waals surface area contributed by atoms with Crippen molar-refractivity contribution in [2.75, 3.05) is 40.9 Å². The molecule has 0 spiro atoms. The molecule has 2 amide bonds. The van der Waals surface area contributed by atoms with Gasteiger partial charge in [-0.3, -0.25) is 0 Å². The van der Waals surface area contributed by atoms with Crippen molar-refractivity contribution in [1.82, 2.24) is 15.1 Å². The number of carbonyl (C=O) groups excluding carboxylic acids is 1. The summed E-state index contributed by atoms with van der Waals surface area (Å²) in [7, 11) is 6.15. The van der Waals surface area contributed by atoms with Crippen molar-refractivity contribution in [1.29, 1.82) is 0 Å². The summed E-state index contributed by atoms with van der Waals surface area (Å²) in [6.45, 7) is 2.40. The SMILES string of the molecule is CN(CC1(N(C)C)CCC1)C(=O)N[C@@H]1CCCOCC1. The van der Waals surface area contributed by atoms with Crippen molar-refractivity contribution in [2.24, 2.45) is 0 Å². The van der Waals surface area contributed by atoms with Crippen molar-refractivity contribution in [3.63, 3.8) is 0 Å². The van der Waals surface area contributed by atoms with E-state index in [2.05, 4.69) is 24.3 Å². The van der Waals surface area contributed by atoms with Crippen LogP contribution in [0, 0.1) is 0 Å². The number of hydrogen-bond acceptors (Lipinski definition) is 3. The highest BCUT2D eigenvalue weighted by Gasteiger charge is 2.40. The number of carbonyl (C=O) groups is 1. The quantitative estimate of drug-likeness (QED) is 0.854. The van der Waals surface area contributed by atoms with Gasteiger partial charge in [0.25, 0.3) is 0 Å². The van der Waals surface area contributed by atoms with Gasteiger partial charge in [-0.15, -0.1) is 0 Å². The van der Waals surface area contributed by atoms with Crippen LogP contribution in [0.3, 0.4) is 0 Å². The van der Waals surface area contributed by atoms with E-state index < -0.39 is 0 Å². The Balaban J connectivity index is 1.82. The van der Waals surface area contributed by atoms with E-state index in [1.807, 2.05) is 11.9 Å². The minimum Gasteiger partial charge on any atom is -0.381 e. The first kappa shape index (κ1) is 15.6. The molecule has 0 unspecified atom stereocenters. The van der Waals surface area contributed by atoms with Crippen molar-refractivity contribution >= 4 is 6.03 Å². The Hall–Kier alpha value is -0.810. The van der Waals surface area contributed by atoms with Crippen molar-refractivity contribution in [2.45, 2.75) is 50.1 Å². The van der Waals surface area contributed by atoms with E-state index in [0.29, 0.717) is 0 Å². The van der Waals surface area contributed by atoms with Crippen LogP contribution in [-0.4, -0.2) is 68.3 Å². The molecule has 20 heavy (non-hydrogen) atoms. The van der Waals surface area contributed by atoms with Crippen molar-refractivity contribution in [3.8, 4) is 0 Å². The highest BCUT2D eigenvalue weighted by atomic mass is 16.5. The summed E-state index contributed by atoms with van der Waals surface area (Å²) in [6, 6.07) is 0.328. The van der Waals surface area contributed by atoms with Gasteiger partial charge in [0.05, 0.1) is 0 Å². The molecular weight excluding hydrogens is 254 g/mol. The molecule has 0 bridgehead atoms. The molecule has 2 fully saturated rings. The first-order valence-electron chi connectivity index (χ1n) is 7.80. The highest BCUT2D eigenvalue weighted by Crippen LogP contribution is 2.36. The number of ether oxygens (including phenoxy) is 1. The van der Waals surface area contributed by atoms with Crippen LogP contribution in [0.1, 0.15) is 38.5 Å². The van der Waals surface area contributed by atoms with Gasteiger partial charge < -0.3 is 19.9 Å². The van der Waals surface area contributed by atoms with Gasteiger partial charge in [0, 0.05) is 38.4 Å². The molecule has 1 aliphatic heterocycles. The average Bonchev–Trinajstić information content (AvgIpc) is 2.61. The maximum absolute atomic E-state index is 12.3. The van der Waals surface area contributed by atoms with Crippen LogP contribution < -0.4 is 5.32 Å². The fourth-order valence-electron chi connectivity index (χ4n) is 3.18. The zero-order chi connectivity index (χ0) is 14.6. The minimum absolute atomic E-state index is 0.0602. The number of likely N-dealkylation sites (N-methyl/N-ethyl adjacent to an activating group) is 2. The Morgan fingerprint density at radius 3 is 2.55 bits per heavy atom. The molecule has 0 aromatic carbocycles. The van der Waals surface area contributed by atoms with Gasteiger partial charge in [-0.05, 0) is 52.6 Å². The van der Waals surface area contributed by atoms with Crippen molar-refractivity contribution < 1.29 is 9.53 Å². The van der Waals surface area contributed by atoms with Gasteiger partial charge in [-0.1, -0.05) is 0 Å². The second kappa shape index (κ2) is 6.76. The zero-order valence-electron chi connectivity index (χ0n) is 13.2. The molecule has 0 radical (unpaired) electrons. The Labute approximate surface area is 122 Å². The maximum Gasteiger partial charge on any atom is 0.317 e. The van der Waals surface area contributed by atoms with Gasteiger partial charge in [-0.25, -0.2) is 4.79 Å². The van der Waals surface area contributed by atoms with E-state index in [1.54, 1.807) is 0 Å². The second-order valence-electron chi connectivity index (χ2n) is 6.52. The molecule has 1 atom stereocenters. The summed E-state index contributed by atoms with van der Waals surface area (Å²) in [6.07, 6.45) is 6.64. The number of nitrogens with one attached hydrogen (secondary N) is 1. The Morgan fingerprint density at radius 1 is 1.20 bits per heavy atom. The van der Waals surface area contributed by atoms with Crippen LogP contribution >= 0.6 is 0 Å². The minimum atomic E-state index is 0.0602. The van der Waals surface area contributed by atoms with Gasteiger partial charge >= 0.3 is 6.03 Å². The summed E-state index contributed by atoms with van der Waals surface area (Å²) in [5, 5.41) is 3.16. The number of amides is 2. The Morgan fingerprint density at radius 2 is 1.95 bits per heavy atom. The van der Waals surface area contributed by atoms with Crippen LogP contribution in [0.2, 0.25) is 0 Å².